The summed E-state index contributed by atoms with van der Waals surface area (Å²) < 4.78 is 13.4. The Morgan fingerprint density at radius 3 is 2.88 bits per heavy atom. The minimum atomic E-state index is -1.40. The average Bonchev–Trinajstić information content (AvgIpc) is 2.61. The Bertz CT molecular complexity index is 507. The lowest BCUT2D eigenvalue weighted by atomic mass is 10.1. The molecule has 0 radical (unpaired) electrons. The maximum Gasteiger partial charge on any atom is 0.351 e. The molecule has 17 heavy (non-hydrogen) atoms. The van der Waals surface area contributed by atoms with Crippen LogP contribution in [0.2, 0.25) is 0 Å². The maximum atomic E-state index is 11.6. The van der Waals surface area contributed by atoms with Crippen LogP contribution in [0.25, 0.3) is 0 Å². The van der Waals surface area contributed by atoms with E-state index in [2.05, 4.69) is 4.98 Å². The highest BCUT2D eigenvalue weighted by Gasteiger charge is 2.43. The zero-order valence-corrected chi connectivity index (χ0v) is 8.72. The molecule has 1 aliphatic rings. The molecule has 0 amide bonds. The molecule has 8 nitrogen and oxygen atoms in total. The monoisotopic (exact) mass is 245 g/mol. The van der Waals surface area contributed by atoms with E-state index in [0.29, 0.717) is 0 Å². The molecule has 1 fully saturated rings. The van der Waals surface area contributed by atoms with Crippen molar-refractivity contribution < 1.29 is 21.4 Å². The number of nitrogens with two attached hydrogens (primary N) is 1. The molecule has 0 saturated carbocycles. The number of aliphatic hydroxyl groups excluding tert-OH is 3. The summed E-state index contributed by atoms with van der Waals surface area (Å²) in [6, 6.07) is -0.202. The lowest BCUT2D eigenvalue weighted by Gasteiger charge is -2.16. The zero-order chi connectivity index (χ0) is 13.4. The van der Waals surface area contributed by atoms with E-state index in [4.69, 9.17) is 16.9 Å². The largest absolute Gasteiger partial charge is 0.394 e. The van der Waals surface area contributed by atoms with Gasteiger partial charge in [0.1, 0.15) is 24.1 Å². The molecule has 0 aromatic carbocycles. The summed E-state index contributed by atoms with van der Waals surface area (Å²) in [5.41, 5.74) is 4.49. The fourth-order valence-electron chi connectivity index (χ4n) is 1.68. The van der Waals surface area contributed by atoms with E-state index < -0.39 is 36.8 Å². The number of aromatic nitrogens is 2. The highest BCUT2D eigenvalue weighted by Crippen LogP contribution is 2.27. The maximum absolute atomic E-state index is 11.6. The Balaban J connectivity index is 2.39. The topological polar surface area (TPSA) is 131 Å². The van der Waals surface area contributed by atoms with Crippen molar-refractivity contribution in [2.24, 2.45) is 0 Å². The Kier molecular flexibility index (Phi) is 2.77. The lowest BCUT2D eigenvalue weighted by molar-refractivity contribution is -0.0549. The first-order valence-corrected chi connectivity index (χ1v) is 4.93. The van der Waals surface area contributed by atoms with Gasteiger partial charge in [0.05, 0.1) is 7.98 Å². The zero-order valence-electron chi connectivity index (χ0n) is 9.72. The van der Waals surface area contributed by atoms with Crippen molar-refractivity contribution in [1.82, 2.24) is 9.55 Å². The molecule has 0 bridgehead atoms. The number of nitrogen functional groups attached to an aromatic ring is 1. The molecule has 0 aliphatic carbocycles. The molecule has 1 aromatic rings. The second-order valence-electron chi connectivity index (χ2n) is 3.69. The molecule has 0 spiro atoms. The number of rotatable bonds is 2. The van der Waals surface area contributed by atoms with E-state index >= 15 is 0 Å². The van der Waals surface area contributed by atoms with E-state index in [-0.39, 0.29) is 11.9 Å². The highest BCUT2D eigenvalue weighted by atomic mass is 16.6. The third-order valence-electron chi connectivity index (χ3n) is 2.58. The van der Waals surface area contributed by atoms with Crippen LogP contribution in [-0.2, 0) is 4.74 Å². The molecule has 1 aliphatic heterocycles. The number of hydrogen-bond donors (Lipinski definition) is 4. The molecule has 94 valence electrons. The second-order valence-corrected chi connectivity index (χ2v) is 3.69. The van der Waals surface area contributed by atoms with Gasteiger partial charge in [0.2, 0.25) is 0 Å². The van der Waals surface area contributed by atoms with Crippen molar-refractivity contribution in [3.8, 4) is 0 Å². The van der Waals surface area contributed by atoms with Gasteiger partial charge in [-0.05, 0) is 6.04 Å². The Hall–Kier alpha value is -1.48. The normalized spacial score (nSPS) is 33.7. The van der Waals surface area contributed by atoms with Gasteiger partial charge in [-0.2, -0.15) is 4.98 Å². The minimum absolute atomic E-state index is 0.202. The number of nitrogens with zero attached hydrogens (tertiary/aromatic N) is 2. The quantitative estimate of drug-likeness (QED) is 0.450. The van der Waals surface area contributed by atoms with Crippen LogP contribution < -0.4 is 11.4 Å². The number of anilines is 1. The van der Waals surface area contributed by atoms with Crippen LogP contribution >= 0.6 is 0 Å². The van der Waals surface area contributed by atoms with Crippen molar-refractivity contribution in [2.45, 2.75) is 24.5 Å². The van der Waals surface area contributed by atoms with Crippen LogP contribution in [0.1, 0.15) is 7.60 Å². The van der Waals surface area contributed by atoms with Crippen LogP contribution in [0.5, 0.6) is 0 Å². The lowest BCUT2D eigenvalue weighted by Crippen LogP contribution is -2.36. The van der Waals surface area contributed by atoms with E-state index in [1.807, 2.05) is 0 Å². The molecular formula is C9H13N3O5. The van der Waals surface area contributed by atoms with E-state index in [0.717, 1.165) is 10.8 Å². The molecule has 4 atom stereocenters. The summed E-state index contributed by atoms with van der Waals surface area (Å²) in [5, 5.41) is 28.2. The van der Waals surface area contributed by atoms with Crippen molar-refractivity contribution in [2.75, 3.05) is 12.3 Å². The van der Waals surface area contributed by atoms with Gasteiger partial charge in [-0.3, -0.25) is 4.57 Å². The first-order chi connectivity index (χ1) is 8.45. The summed E-state index contributed by atoms with van der Waals surface area (Å²) in [7, 11) is 0. The number of aliphatic hydroxyl groups is 3. The molecule has 0 unspecified atom stereocenters. The SMILES string of the molecule is [3H]c1cn([C@@H]2O[C@H](CO)[C@@H](O)[C@H]2O)c(=O)nc1N. The minimum Gasteiger partial charge on any atom is -0.394 e. The smallest absolute Gasteiger partial charge is 0.351 e. The fraction of sp³-hybridized carbons (Fsp3) is 0.556. The summed E-state index contributed by atoms with van der Waals surface area (Å²) in [6.07, 6.45) is -3.86. The van der Waals surface area contributed by atoms with Crippen molar-refractivity contribution in [1.29, 1.82) is 0 Å². The Morgan fingerprint density at radius 1 is 1.59 bits per heavy atom. The molecule has 1 saturated heterocycles. The van der Waals surface area contributed by atoms with Crippen LogP contribution in [0.15, 0.2) is 17.0 Å². The molecule has 5 N–H and O–H groups in total. The van der Waals surface area contributed by atoms with Gasteiger partial charge >= 0.3 is 5.69 Å². The standard InChI is InChI=1S/C9H13N3O5/c10-5-1-2-12(9(16)11-5)8-7(15)6(14)4(3-13)17-8/h1-2,4,6-8,13-15H,3H2,(H2,10,11,16)/t4-,6-,7-,8-/m1/s1/i1T. The molecule has 1 aromatic heterocycles. The van der Waals surface area contributed by atoms with Gasteiger partial charge < -0.3 is 25.8 Å². The molecule has 8 heteroatoms. The summed E-state index contributed by atoms with van der Waals surface area (Å²) in [6.45, 7) is -0.500. The van der Waals surface area contributed by atoms with Crippen LogP contribution in [0, 0.1) is 0 Å². The van der Waals surface area contributed by atoms with Gasteiger partial charge in [0, 0.05) is 6.20 Å². The number of ether oxygens (including phenoxy) is 1. The highest BCUT2D eigenvalue weighted by molar-refractivity contribution is 5.23. The first-order valence-electron chi connectivity index (χ1n) is 5.43. The van der Waals surface area contributed by atoms with Crippen molar-refractivity contribution in [3.05, 3.63) is 22.7 Å². The van der Waals surface area contributed by atoms with Crippen molar-refractivity contribution >= 4 is 5.82 Å². The third kappa shape index (κ3) is 2.03. The Morgan fingerprint density at radius 2 is 2.29 bits per heavy atom. The average molecular weight is 245 g/mol. The van der Waals surface area contributed by atoms with Gasteiger partial charge in [0.15, 0.2) is 6.23 Å². The van der Waals surface area contributed by atoms with Gasteiger partial charge in [0.25, 0.3) is 0 Å². The number of hydrogen-bond acceptors (Lipinski definition) is 7. The van der Waals surface area contributed by atoms with E-state index in [1.165, 1.54) is 0 Å². The second kappa shape index (κ2) is 4.41. The Labute approximate surface area is 97.3 Å². The van der Waals surface area contributed by atoms with Gasteiger partial charge in [-0.15, -0.1) is 0 Å². The van der Waals surface area contributed by atoms with Crippen molar-refractivity contribution in [3.63, 3.8) is 0 Å². The predicted octanol–water partition coefficient (Wildman–Crippen LogP) is -2.56. The summed E-state index contributed by atoms with van der Waals surface area (Å²) in [5.74, 6) is -0.233. The third-order valence-corrected chi connectivity index (χ3v) is 2.58. The van der Waals surface area contributed by atoms with Crippen LogP contribution in [0.4, 0.5) is 5.82 Å². The predicted molar refractivity (Wildman–Crippen MR) is 55.9 cm³/mol. The van der Waals surface area contributed by atoms with E-state index in [9.17, 15) is 15.0 Å². The van der Waals surface area contributed by atoms with Gasteiger partial charge in [-0.25, -0.2) is 4.79 Å². The molecule has 2 rings (SSSR count). The van der Waals surface area contributed by atoms with Crippen LogP contribution in [0.3, 0.4) is 0 Å². The fourth-order valence-corrected chi connectivity index (χ4v) is 1.68. The molecular weight excluding hydrogens is 230 g/mol. The van der Waals surface area contributed by atoms with Gasteiger partial charge in [-0.1, -0.05) is 0 Å². The molecule has 2 heterocycles. The summed E-state index contributed by atoms with van der Waals surface area (Å²) in [4.78, 5) is 15.0. The van der Waals surface area contributed by atoms with E-state index in [1.54, 1.807) is 0 Å². The summed E-state index contributed by atoms with van der Waals surface area (Å²) >= 11 is 0. The van der Waals surface area contributed by atoms with Crippen LogP contribution in [-0.4, -0.2) is 49.8 Å². The first kappa shape index (κ1) is 10.7.